The van der Waals surface area contributed by atoms with Crippen molar-refractivity contribution in [2.24, 2.45) is 7.05 Å². The van der Waals surface area contributed by atoms with Crippen molar-refractivity contribution < 1.29 is 9.32 Å². The van der Waals surface area contributed by atoms with Crippen molar-refractivity contribution in [1.29, 1.82) is 0 Å². The second-order valence-corrected chi connectivity index (χ2v) is 5.92. The van der Waals surface area contributed by atoms with Gasteiger partial charge >= 0.3 is 0 Å². The van der Waals surface area contributed by atoms with Crippen molar-refractivity contribution in [2.45, 2.75) is 6.54 Å². The summed E-state index contributed by atoms with van der Waals surface area (Å²) in [5.41, 5.74) is 3.73. The van der Waals surface area contributed by atoms with Crippen LogP contribution in [0.2, 0.25) is 0 Å². The van der Waals surface area contributed by atoms with Crippen LogP contribution in [-0.4, -0.2) is 30.8 Å². The molecule has 0 aliphatic carbocycles. The first-order valence-electron chi connectivity index (χ1n) is 8.28. The molecule has 4 heterocycles. The van der Waals surface area contributed by atoms with Crippen LogP contribution < -0.4 is 5.32 Å². The zero-order valence-corrected chi connectivity index (χ0v) is 14.5. The number of amides is 1. The van der Waals surface area contributed by atoms with Crippen LogP contribution in [0.5, 0.6) is 0 Å². The van der Waals surface area contributed by atoms with Crippen molar-refractivity contribution in [3.8, 4) is 22.6 Å². The number of hydrogen-bond acceptors (Lipinski definition) is 6. The molecule has 134 valence electrons. The standard InChI is InChI=1S/C19H16N6O2/c1-25-17(4-6-23-25)15-7-13(9-21-12-15)10-22-19(26)16-8-18(27-24-16)14-3-2-5-20-11-14/h2-9,11-12H,10H2,1H3,(H,22,26). The Morgan fingerprint density at radius 2 is 2.00 bits per heavy atom. The number of hydrogen-bond donors (Lipinski definition) is 1. The Labute approximate surface area is 154 Å². The van der Waals surface area contributed by atoms with Gasteiger partial charge in [-0.05, 0) is 29.8 Å². The largest absolute Gasteiger partial charge is 0.355 e. The molecule has 8 heteroatoms. The average Bonchev–Trinajstić information content (AvgIpc) is 3.36. The van der Waals surface area contributed by atoms with E-state index in [1.165, 1.54) is 0 Å². The molecular formula is C19H16N6O2. The van der Waals surface area contributed by atoms with Gasteiger partial charge in [0.2, 0.25) is 0 Å². The van der Waals surface area contributed by atoms with E-state index in [1.807, 2.05) is 25.2 Å². The molecule has 0 saturated carbocycles. The van der Waals surface area contributed by atoms with Gasteiger partial charge in [0.25, 0.3) is 5.91 Å². The molecule has 0 bridgehead atoms. The molecule has 0 spiro atoms. The number of carbonyl (C=O) groups is 1. The normalized spacial score (nSPS) is 10.7. The highest BCUT2D eigenvalue weighted by Crippen LogP contribution is 2.20. The van der Waals surface area contributed by atoms with Crippen LogP contribution in [-0.2, 0) is 13.6 Å². The van der Waals surface area contributed by atoms with E-state index in [9.17, 15) is 4.79 Å². The van der Waals surface area contributed by atoms with Crippen LogP contribution in [0.1, 0.15) is 16.1 Å². The first kappa shape index (κ1) is 16.6. The van der Waals surface area contributed by atoms with Crippen molar-refractivity contribution >= 4 is 5.91 Å². The molecule has 1 amide bonds. The van der Waals surface area contributed by atoms with E-state index < -0.39 is 0 Å². The zero-order chi connectivity index (χ0) is 18.6. The fraction of sp³-hybridized carbons (Fsp3) is 0.105. The van der Waals surface area contributed by atoms with Gasteiger partial charge < -0.3 is 9.84 Å². The molecule has 27 heavy (non-hydrogen) atoms. The summed E-state index contributed by atoms with van der Waals surface area (Å²) in [4.78, 5) is 20.6. The van der Waals surface area contributed by atoms with Gasteiger partial charge in [0.05, 0.1) is 5.69 Å². The van der Waals surface area contributed by atoms with Gasteiger partial charge in [-0.15, -0.1) is 0 Å². The second kappa shape index (κ2) is 7.20. The fourth-order valence-corrected chi connectivity index (χ4v) is 2.68. The Morgan fingerprint density at radius 3 is 2.78 bits per heavy atom. The first-order chi connectivity index (χ1) is 13.2. The lowest BCUT2D eigenvalue weighted by Crippen LogP contribution is -2.23. The molecule has 0 saturated heterocycles. The molecule has 4 aromatic heterocycles. The van der Waals surface area contributed by atoms with E-state index in [2.05, 4.69) is 25.5 Å². The molecule has 4 rings (SSSR count). The van der Waals surface area contributed by atoms with E-state index in [4.69, 9.17) is 4.52 Å². The Morgan fingerprint density at radius 1 is 1.11 bits per heavy atom. The molecule has 1 N–H and O–H groups in total. The summed E-state index contributed by atoms with van der Waals surface area (Å²) in [5, 5.41) is 10.8. The summed E-state index contributed by atoms with van der Waals surface area (Å²) in [6.07, 6.45) is 8.53. The summed E-state index contributed by atoms with van der Waals surface area (Å²) in [6.45, 7) is 0.326. The van der Waals surface area contributed by atoms with Crippen LogP contribution in [0, 0.1) is 0 Å². The van der Waals surface area contributed by atoms with Crippen molar-refractivity contribution in [1.82, 2.24) is 30.2 Å². The molecule has 4 aromatic rings. The topological polar surface area (TPSA) is 98.7 Å². The lowest BCUT2D eigenvalue weighted by molar-refractivity contribution is 0.0942. The van der Waals surface area contributed by atoms with Gasteiger partial charge in [-0.2, -0.15) is 5.10 Å². The summed E-state index contributed by atoms with van der Waals surface area (Å²) in [7, 11) is 1.87. The predicted molar refractivity (Wildman–Crippen MR) is 97.3 cm³/mol. The lowest BCUT2D eigenvalue weighted by Gasteiger charge is -2.06. The van der Waals surface area contributed by atoms with E-state index in [0.29, 0.717) is 12.3 Å². The number of nitrogens with zero attached hydrogens (tertiary/aromatic N) is 5. The number of nitrogens with one attached hydrogen (secondary N) is 1. The predicted octanol–water partition coefficient (Wildman–Crippen LogP) is 2.46. The number of aromatic nitrogens is 5. The lowest BCUT2D eigenvalue weighted by atomic mass is 10.1. The highest BCUT2D eigenvalue weighted by atomic mass is 16.5. The molecule has 0 aliphatic rings. The minimum Gasteiger partial charge on any atom is -0.355 e. The first-order valence-corrected chi connectivity index (χ1v) is 8.28. The van der Waals surface area contributed by atoms with Gasteiger partial charge in [0.15, 0.2) is 11.5 Å². The Bertz CT molecular complexity index is 1070. The second-order valence-electron chi connectivity index (χ2n) is 5.92. The van der Waals surface area contributed by atoms with Crippen molar-refractivity contribution in [3.63, 3.8) is 0 Å². The van der Waals surface area contributed by atoms with E-state index in [-0.39, 0.29) is 11.6 Å². The third-order valence-electron chi connectivity index (χ3n) is 4.05. The number of aryl methyl sites for hydroxylation is 1. The Hall–Kier alpha value is -3.81. The van der Waals surface area contributed by atoms with Crippen LogP contribution in [0.15, 0.2) is 65.8 Å². The van der Waals surface area contributed by atoms with Crippen molar-refractivity contribution in [3.05, 3.63) is 72.6 Å². The summed E-state index contributed by atoms with van der Waals surface area (Å²) in [6, 6.07) is 9.10. The van der Waals surface area contributed by atoms with Crippen molar-refractivity contribution in [2.75, 3.05) is 0 Å². The fourth-order valence-electron chi connectivity index (χ4n) is 2.68. The SMILES string of the molecule is Cn1nccc1-c1cncc(CNC(=O)c2cc(-c3cccnc3)on2)c1. The maximum atomic E-state index is 12.3. The van der Waals surface area contributed by atoms with Gasteiger partial charge in [-0.1, -0.05) is 5.16 Å². The molecule has 0 radical (unpaired) electrons. The van der Waals surface area contributed by atoms with Crippen LogP contribution in [0.4, 0.5) is 0 Å². The maximum absolute atomic E-state index is 12.3. The average molecular weight is 360 g/mol. The third-order valence-corrected chi connectivity index (χ3v) is 4.05. The molecule has 0 unspecified atom stereocenters. The quantitative estimate of drug-likeness (QED) is 0.587. The Balaban J connectivity index is 1.44. The smallest absolute Gasteiger partial charge is 0.273 e. The van der Waals surface area contributed by atoms with Gasteiger partial charge in [0.1, 0.15) is 0 Å². The Kier molecular flexibility index (Phi) is 4.44. The van der Waals surface area contributed by atoms with Crippen LogP contribution in [0.25, 0.3) is 22.6 Å². The number of pyridine rings is 2. The molecule has 0 atom stereocenters. The highest BCUT2D eigenvalue weighted by Gasteiger charge is 2.14. The molecule has 8 nitrogen and oxygen atoms in total. The monoisotopic (exact) mass is 360 g/mol. The van der Waals surface area contributed by atoms with Gasteiger partial charge in [-0.3, -0.25) is 19.4 Å². The van der Waals surface area contributed by atoms with Gasteiger partial charge in [-0.25, -0.2) is 0 Å². The molecular weight excluding hydrogens is 344 g/mol. The summed E-state index contributed by atoms with van der Waals surface area (Å²) in [5.74, 6) is 0.174. The number of carbonyl (C=O) groups excluding carboxylic acids is 1. The van der Waals surface area contributed by atoms with E-state index in [1.54, 1.807) is 47.8 Å². The zero-order valence-electron chi connectivity index (χ0n) is 14.5. The third kappa shape index (κ3) is 3.59. The number of rotatable bonds is 5. The highest BCUT2D eigenvalue weighted by molar-refractivity contribution is 5.93. The summed E-state index contributed by atoms with van der Waals surface area (Å²) >= 11 is 0. The minimum atomic E-state index is -0.320. The molecule has 0 aliphatic heterocycles. The molecule has 0 aromatic carbocycles. The maximum Gasteiger partial charge on any atom is 0.273 e. The molecule has 0 fully saturated rings. The minimum absolute atomic E-state index is 0.213. The van der Waals surface area contributed by atoms with Gasteiger partial charge in [0, 0.05) is 61.8 Å². The van der Waals surface area contributed by atoms with Crippen LogP contribution in [0.3, 0.4) is 0 Å². The van der Waals surface area contributed by atoms with Crippen LogP contribution >= 0.6 is 0 Å². The summed E-state index contributed by atoms with van der Waals surface area (Å²) < 4.78 is 7.00. The van der Waals surface area contributed by atoms with E-state index in [0.717, 1.165) is 22.4 Å². The van der Waals surface area contributed by atoms with E-state index >= 15 is 0 Å².